The molecule has 25 heavy (non-hydrogen) atoms. The third-order valence-electron chi connectivity index (χ3n) is 5.07. The molecule has 136 valence electrons. The SMILES string of the molecule is C=N/C=C\C=C(\C)C1CCC[C@H](c2ncccc2C)N1CCCCN. The molecular weight excluding hydrogens is 308 g/mol. The third-order valence-corrected chi connectivity index (χ3v) is 5.07. The lowest BCUT2D eigenvalue weighted by atomic mass is 9.88. The summed E-state index contributed by atoms with van der Waals surface area (Å²) in [5, 5.41) is 0. The first-order valence-electron chi connectivity index (χ1n) is 9.35. The minimum atomic E-state index is 0.391. The molecule has 1 aliphatic heterocycles. The largest absolute Gasteiger partial charge is 0.330 e. The molecule has 1 aliphatic rings. The van der Waals surface area contributed by atoms with E-state index in [0.29, 0.717) is 12.1 Å². The quantitative estimate of drug-likeness (QED) is 0.439. The summed E-state index contributed by atoms with van der Waals surface area (Å²) in [6, 6.07) is 5.04. The molecule has 0 bridgehead atoms. The number of aromatic nitrogens is 1. The fourth-order valence-corrected chi connectivity index (χ4v) is 3.80. The number of pyridine rings is 1. The van der Waals surface area contributed by atoms with Crippen LogP contribution in [0.25, 0.3) is 0 Å². The van der Waals surface area contributed by atoms with Gasteiger partial charge < -0.3 is 5.73 Å². The van der Waals surface area contributed by atoms with Crippen LogP contribution in [-0.4, -0.2) is 35.7 Å². The molecule has 4 heteroatoms. The van der Waals surface area contributed by atoms with Gasteiger partial charge in [-0.25, -0.2) is 0 Å². The maximum Gasteiger partial charge on any atom is 0.0604 e. The number of nitrogens with zero attached hydrogens (tertiary/aromatic N) is 3. The van der Waals surface area contributed by atoms with Gasteiger partial charge >= 0.3 is 0 Å². The lowest BCUT2D eigenvalue weighted by molar-refractivity contribution is 0.0968. The van der Waals surface area contributed by atoms with Crippen LogP contribution in [0.5, 0.6) is 0 Å². The summed E-state index contributed by atoms with van der Waals surface area (Å²) < 4.78 is 0. The highest BCUT2D eigenvalue weighted by atomic mass is 15.2. The smallest absolute Gasteiger partial charge is 0.0604 e. The topological polar surface area (TPSA) is 54.5 Å². The van der Waals surface area contributed by atoms with Crippen LogP contribution in [-0.2, 0) is 0 Å². The van der Waals surface area contributed by atoms with Crippen LogP contribution in [0.4, 0.5) is 0 Å². The Bertz CT molecular complexity index is 606. The Morgan fingerprint density at radius 1 is 1.44 bits per heavy atom. The highest BCUT2D eigenvalue weighted by molar-refractivity contribution is 5.27. The fraction of sp³-hybridized carbons (Fsp3) is 0.524. The number of nitrogens with two attached hydrogens (primary N) is 1. The van der Waals surface area contributed by atoms with Crippen molar-refractivity contribution < 1.29 is 0 Å². The fourth-order valence-electron chi connectivity index (χ4n) is 3.80. The molecule has 2 N–H and O–H groups in total. The molecule has 0 spiro atoms. The summed E-state index contributed by atoms with van der Waals surface area (Å²) in [5.74, 6) is 0. The molecule has 2 atom stereocenters. The van der Waals surface area contributed by atoms with E-state index in [1.54, 1.807) is 6.20 Å². The monoisotopic (exact) mass is 340 g/mol. The van der Waals surface area contributed by atoms with E-state index in [4.69, 9.17) is 10.7 Å². The van der Waals surface area contributed by atoms with Crippen molar-refractivity contribution in [2.24, 2.45) is 10.7 Å². The van der Waals surface area contributed by atoms with E-state index in [0.717, 1.165) is 25.9 Å². The molecule has 2 rings (SSSR count). The molecule has 0 radical (unpaired) electrons. The van der Waals surface area contributed by atoms with Crippen molar-refractivity contribution in [3.8, 4) is 0 Å². The van der Waals surface area contributed by atoms with Gasteiger partial charge in [-0.15, -0.1) is 0 Å². The normalized spacial score (nSPS) is 22.4. The Labute approximate surface area is 152 Å². The number of aryl methyl sites for hydroxylation is 1. The van der Waals surface area contributed by atoms with Crippen LogP contribution in [0.1, 0.15) is 56.3 Å². The zero-order chi connectivity index (χ0) is 18.1. The molecule has 0 amide bonds. The molecule has 0 saturated carbocycles. The van der Waals surface area contributed by atoms with Crippen LogP contribution < -0.4 is 5.73 Å². The lowest BCUT2D eigenvalue weighted by Crippen LogP contribution is -2.43. The zero-order valence-electron chi connectivity index (χ0n) is 15.7. The average molecular weight is 341 g/mol. The van der Waals surface area contributed by atoms with Crippen molar-refractivity contribution in [1.82, 2.24) is 9.88 Å². The third kappa shape index (κ3) is 5.35. The first kappa shape index (κ1) is 19.5. The molecule has 1 saturated heterocycles. The predicted octanol–water partition coefficient (Wildman–Crippen LogP) is 4.19. The van der Waals surface area contributed by atoms with Crippen LogP contribution in [0.15, 0.2) is 47.2 Å². The van der Waals surface area contributed by atoms with E-state index in [2.05, 4.69) is 42.6 Å². The molecule has 1 fully saturated rings. The van der Waals surface area contributed by atoms with Gasteiger partial charge in [0.25, 0.3) is 0 Å². The second-order valence-corrected chi connectivity index (χ2v) is 6.84. The second kappa shape index (κ2) is 10.3. The second-order valence-electron chi connectivity index (χ2n) is 6.84. The van der Waals surface area contributed by atoms with E-state index in [9.17, 15) is 0 Å². The number of unbranched alkanes of at least 4 members (excludes halogenated alkanes) is 1. The highest BCUT2D eigenvalue weighted by Crippen LogP contribution is 2.37. The lowest BCUT2D eigenvalue weighted by Gasteiger charge is -2.43. The summed E-state index contributed by atoms with van der Waals surface area (Å²) >= 11 is 0. The van der Waals surface area contributed by atoms with Gasteiger partial charge in [0.2, 0.25) is 0 Å². The van der Waals surface area contributed by atoms with Crippen molar-refractivity contribution in [2.45, 2.75) is 58.0 Å². The summed E-state index contributed by atoms with van der Waals surface area (Å²) in [6.45, 7) is 9.72. The summed E-state index contributed by atoms with van der Waals surface area (Å²) in [4.78, 5) is 11.2. The number of allylic oxidation sites excluding steroid dienone is 2. The number of hydrogen-bond acceptors (Lipinski definition) is 4. The van der Waals surface area contributed by atoms with Gasteiger partial charge in [0, 0.05) is 18.4 Å². The molecule has 4 nitrogen and oxygen atoms in total. The van der Waals surface area contributed by atoms with Gasteiger partial charge in [-0.1, -0.05) is 17.7 Å². The van der Waals surface area contributed by atoms with Crippen LogP contribution >= 0.6 is 0 Å². The molecule has 1 aromatic rings. The van der Waals surface area contributed by atoms with E-state index < -0.39 is 0 Å². The maximum atomic E-state index is 5.72. The molecule has 0 aliphatic carbocycles. The molecule has 1 aromatic heterocycles. The Morgan fingerprint density at radius 3 is 3.00 bits per heavy atom. The number of piperidine rings is 1. The molecule has 1 unspecified atom stereocenters. The van der Waals surface area contributed by atoms with Gasteiger partial charge in [0.15, 0.2) is 0 Å². The van der Waals surface area contributed by atoms with E-state index in [-0.39, 0.29) is 0 Å². The van der Waals surface area contributed by atoms with Crippen LogP contribution in [0, 0.1) is 6.92 Å². The van der Waals surface area contributed by atoms with Gasteiger partial charge in [-0.3, -0.25) is 14.9 Å². The molecule has 0 aromatic carbocycles. The Balaban J connectivity index is 2.28. The molecule has 2 heterocycles. The Hall–Kier alpha value is -1.78. The first-order valence-corrected chi connectivity index (χ1v) is 9.35. The van der Waals surface area contributed by atoms with E-state index >= 15 is 0 Å². The number of hydrogen-bond donors (Lipinski definition) is 1. The van der Waals surface area contributed by atoms with Crippen LogP contribution in [0.3, 0.4) is 0 Å². The van der Waals surface area contributed by atoms with Crippen LogP contribution in [0.2, 0.25) is 0 Å². The van der Waals surface area contributed by atoms with Gasteiger partial charge in [-0.05, 0) is 83.5 Å². The standard InChI is InChI=1S/C21H32N4/c1-17(9-7-14-23-3)19-11-6-12-20(25(19)16-5-4-13-22)21-18(2)10-8-15-24-21/h7-10,14-15,19-20H,3-6,11-13,16,22H2,1-2H3/b14-7-,17-9-/t19?,20-/m1/s1. The predicted molar refractivity (Wildman–Crippen MR) is 107 cm³/mol. The zero-order valence-corrected chi connectivity index (χ0v) is 15.7. The highest BCUT2D eigenvalue weighted by Gasteiger charge is 2.33. The summed E-state index contributed by atoms with van der Waals surface area (Å²) in [5.41, 5.74) is 9.62. The average Bonchev–Trinajstić information content (AvgIpc) is 2.62. The Morgan fingerprint density at radius 2 is 2.28 bits per heavy atom. The van der Waals surface area contributed by atoms with Gasteiger partial charge in [0.1, 0.15) is 0 Å². The minimum absolute atomic E-state index is 0.391. The first-order chi connectivity index (χ1) is 12.2. The van der Waals surface area contributed by atoms with Crippen molar-refractivity contribution in [1.29, 1.82) is 0 Å². The van der Waals surface area contributed by atoms with E-state index in [1.165, 1.54) is 36.1 Å². The van der Waals surface area contributed by atoms with Crippen molar-refractivity contribution in [3.05, 3.63) is 53.5 Å². The number of rotatable bonds is 8. The number of aliphatic imine (C=N–C) groups is 1. The number of likely N-dealkylation sites (tertiary alicyclic amines) is 1. The van der Waals surface area contributed by atoms with Gasteiger partial charge in [0.05, 0.1) is 11.7 Å². The maximum absolute atomic E-state index is 5.72. The van der Waals surface area contributed by atoms with Gasteiger partial charge in [-0.2, -0.15) is 0 Å². The molecular formula is C21H32N4. The summed E-state index contributed by atoms with van der Waals surface area (Å²) in [7, 11) is 0. The van der Waals surface area contributed by atoms with E-state index in [1.807, 2.05) is 18.3 Å². The van der Waals surface area contributed by atoms with Crippen molar-refractivity contribution >= 4 is 6.72 Å². The Kier molecular flexibility index (Phi) is 8.02. The van der Waals surface area contributed by atoms with Crippen molar-refractivity contribution in [2.75, 3.05) is 13.1 Å². The minimum Gasteiger partial charge on any atom is -0.330 e. The summed E-state index contributed by atoms with van der Waals surface area (Å²) in [6.07, 6.45) is 13.6. The van der Waals surface area contributed by atoms with Crippen molar-refractivity contribution in [3.63, 3.8) is 0 Å².